The van der Waals surface area contributed by atoms with Crippen LogP contribution < -0.4 is 22.3 Å². The molecule has 7 heteroatoms. The molecule has 0 saturated carbocycles. The predicted molar refractivity (Wildman–Crippen MR) is 63.9 cm³/mol. The Morgan fingerprint density at radius 2 is 1.82 bits per heavy atom. The molecule has 2 rings (SSSR count). The third-order valence-corrected chi connectivity index (χ3v) is 2.03. The highest BCUT2D eigenvalue weighted by molar-refractivity contribution is 5.60. The van der Waals surface area contributed by atoms with Crippen molar-refractivity contribution in [2.45, 2.75) is 0 Å². The SMILES string of the molecule is NNc1cc(Nc2ccccc2F)nc(N)n1. The van der Waals surface area contributed by atoms with Crippen LogP contribution in [0.3, 0.4) is 0 Å². The summed E-state index contributed by atoms with van der Waals surface area (Å²) in [7, 11) is 0. The molecule has 0 aliphatic carbocycles. The summed E-state index contributed by atoms with van der Waals surface area (Å²) in [5.74, 6) is 5.57. The van der Waals surface area contributed by atoms with E-state index in [0.717, 1.165) is 0 Å². The maximum absolute atomic E-state index is 13.4. The van der Waals surface area contributed by atoms with E-state index in [1.165, 1.54) is 12.1 Å². The summed E-state index contributed by atoms with van der Waals surface area (Å²) in [5, 5.41) is 2.79. The van der Waals surface area contributed by atoms with E-state index in [0.29, 0.717) is 17.3 Å². The van der Waals surface area contributed by atoms with Crippen molar-refractivity contribution in [2.24, 2.45) is 5.84 Å². The van der Waals surface area contributed by atoms with Crippen LogP contribution in [-0.4, -0.2) is 9.97 Å². The Balaban J connectivity index is 2.30. The first-order valence-electron chi connectivity index (χ1n) is 4.82. The first-order valence-corrected chi connectivity index (χ1v) is 4.82. The second kappa shape index (κ2) is 4.62. The van der Waals surface area contributed by atoms with Crippen LogP contribution in [0.4, 0.5) is 27.7 Å². The van der Waals surface area contributed by atoms with Gasteiger partial charge in [0.1, 0.15) is 17.5 Å². The molecule has 0 spiro atoms. The molecule has 0 aliphatic rings. The van der Waals surface area contributed by atoms with Gasteiger partial charge in [-0.3, -0.25) is 0 Å². The summed E-state index contributed by atoms with van der Waals surface area (Å²) in [6.45, 7) is 0. The largest absolute Gasteiger partial charge is 0.368 e. The molecular weight excluding hydrogens is 223 g/mol. The summed E-state index contributed by atoms with van der Waals surface area (Å²) in [6, 6.07) is 7.75. The van der Waals surface area contributed by atoms with Crippen molar-refractivity contribution in [1.29, 1.82) is 0 Å². The van der Waals surface area contributed by atoms with Gasteiger partial charge in [0.2, 0.25) is 5.95 Å². The highest BCUT2D eigenvalue weighted by atomic mass is 19.1. The van der Waals surface area contributed by atoms with Crippen LogP contribution in [0, 0.1) is 5.82 Å². The van der Waals surface area contributed by atoms with Gasteiger partial charge < -0.3 is 16.5 Å². The topological polar surface area (TPSA) is 102 Å². The second-order valence-corrected chi connectivity index (χ2v) is 3.25. The molecule has 0 atom stereocenters. The fourth-order valence-corrected chi connectivity index (χ4v) is 1.30. The maximum Gasteiger partial charge on any atom is 0.223 e. The summed E-state index contributed by atoms with van der Waals surface area (Å²) < 4.78 is 13.4. The van der Waals surface area contributed by atoms with Crippen molar-refractivity contribution in [2.75, 3.05) is 16.5 Å². The third-order valence-electron chi connectivity index (χ3n) is 2.03. The molecule has 0 saturated heterocycles. The lowest BCUT2D eigenvalue weighted by Crippen LogP contribution is -2.11. The van der Waals surface area contributed by atoms with Gasteiger partial charge in [-0.1, -0.05) is 12.1 Å². The molecule has 1 aromatic heterocycles. The molecule has 0 unspecified atom stereocenters. The monoisotopic (exact) mass is 234 g/mol. The van der Waals surface area contributed by atoms with E-state index in [1.807, 2.05) is 0 Å². The zero-order chi connectivity index (χ0) is 12.3. The zero-order valence-electron chi connectivity index (χ0n) is 8.81. The van der Waals surface area contributed by atoms with E-state index in [1.54, 1.807) is 18.2 Å². The number of nitrogens with two attached hydrogens (primary N) is 2. The number of nitrogens with zero attached hydrogens (tertiary/aromatic N) is 2. The molecule has 2 aromatic rings. The van der Waals surface area contributed by atoms with Gasteiger partial charge in [-0.2, -0.15) is 9.97 Å². The minimum Gasteiger partial charge on any atom is -0.368 e. The number of para-hydroxylation sites is 1. The highest BCUT2D eigenvalue weighted by Crippen LogP contribution is 2.19. The zero-order valence-corrected chi connectivity index (χ0v) is 8.81. The van der Waals surface area contributed by atoms with Crippen LogP contribution in [0.15, 0.2) is 30.3 Å². The number of anilines is 4. The minimum atomic E-state index is -0.382. The van der Waals surface area contributed by atoms with Crippen molar-refractivity contribution >= 4 is 23.3 Å². The van der Waals surface area contributed by atoms with Crippen molar-refractivity contribution in [3.63, 3.8) is 0 Å². The van der Waals surface area contributed by atoms with Crippen molar-refractivity contribution < 1.29 is 4.39 Å². The number of hydrogen-bond acceptors (Lipinski definition) is 6. The molecule has 0 aliphatic heterocycles. The van der Waals surface area contributed by atoms with Gasteiger partial charge in [-0.25, -0.2) is 10.2 Å². The van der Waals surface area contributed by atoms with Gasteiger partial charge in [0.15, 0.2) is 0 Å². The third kappa shape index (κ3) is 2.58. The van der Waals surface area contributed by atoms with E-state index in [-0.39, 0.29) is 11.8 Å². The summed E-state index contributed by atoms with van der Waals surface area (Å²) in [4.78, 5) is 7.72. The average Bonchev–Trinajstić information content (AvgIpc) is 2.31. The molecule has 6 N–H and O–H groups in total. The van der Waals surface area contributed by atoms with Crippen LogP contribution in [-0.2, 0) is 0 Å². The lowest BCUT2D eigenvalue weighted by Gasteiger charge is -2.08. The van der Waals surface area contributed by atoms with Gasteiger partial charge in [-0.15, -0.1) is 0 Å². The maximum atomic E-state index is 13.4. The molecule has 1 aromatic carbocycles. The van der Waals surface area contributed by atoms with Crippen LogP contribution in [0.5, 0.6) is 0 Å². The van der Waals surface area contributed by atoms with Gasteiger partial charge in [-0.05, 0) is 12.1 Å². The van der Waals surface area contributed by atoms with Gasteiger partial charge >= 0.3 is 0 Å². The van der Waals surface area contributed by atoms with Crippen LogP contribution >= 0.6 is 0 Å². The van der Waals surface area contributed by atoms with Crippen molar-refractivity contribution in [1.82, 2.24) is 9.97 Å². The Morgan fingerprint density at radius 1 is 1.12 bits per heavy atom. The van der Waals surface area contributed by atoms with Crippen LogP contribution in [0.25, 0.3) is 0 Å². The molecule has 0 fully saturated rings. The number of halogens is 1. The summed E-state index contributed by atoms with van der Waals surface area (Å²) in [5.41, 5.74) is 8.12. The van der Waals surface area contributed by atoms with Gasteiger partial charge in [0, 0.05) is 6.07 Å². The lowest BCUT2D eigenvalue weighted by atomic mass is 10.3. The Morgan fingerprint density at radius 3 is 2.53 bits per heavy atom. The summed E-state index contributed by atoms with van der Waals surface area (Å²) in [6.07, 6.45) is 0. The molecule has 1 heterocycles. The number of nitrogens with one attached hydrogen (secondary N) is 2. The Hall–Kier alpha value is -2.41. The average molecular weight is 234 g/mol. The number of hydrazine groups is 1. The number of hydrogen-bond donors (Lipinski definition) is 4. The molecule has 0 bridgehead atoms. The highest BCUT2D eigenvalue weighted by Gasteiger charge is 2.04. The van der Waals surface area contributed by atoms with Crippen molar-refractivity contribution in [3.8, 4) is 0 Å². The quantitative estimate of drug-likeness (QED) is 0.470. The van der Waals surface area contributed by atoms with Crippen molar-refractivity contribution in [3.05, 3.63) is 36.1 Å². The number of benzene rings is 1. The second-order valence-electron chi connectivity index (χ2n) is 3.25. The van der Waals surface area contributed by atoms with E-state index in [2.05, 4.69) is 20.7 Å². The normalized spacial score (nSPS) is 10.0. The molecule has 0 radical (unpaired) electrons. The summed E-state index contributed by atoms with van der Waals surface area (Å²) >= 11 is 0. The molecular formula is C10H11FN6. The Labute approximate surface area is 96.8 Å². The fraction of sp³-hybridized carbons (Fsp3) is 0. The number of nitrogen functional groups attached to an aromatic ring is 2. The fourth-order valence-electron chi connectivity index (χ4n) is 1.30. The Kier molecular flexibility index (Phi) is 3.01. The molecule has 6 nitrogen and oxygen atoms in total. The number of rotatable bonds is 3. The van der Waals surface area contributed by atoms with E-state index >= 15 is 0 Å². The van der Waals surface area contributed by atoms with E-state index in [4.69, 9.17) is 11.6 Å². The standard InChI is InChI=1S/C10H11FN6/c11-6-3-1-2-4-7(6)14-8-5-9(17-13)16-10(12)15-8/h1-5H,13H2,(H4,12,14,15,16,17). The Bertz CT molecular complexity index is 530. The van der Waals surface area contributed by atoms with E-state index in [9.17, 15) is 4.39 Å². The first-order chi connectivity index (χ1) is 8.19. The van der Waals surface area contributed by atoms with E-state index < -0.39 is 0 Å². The molecule has 88 valence electrons. The minimum absolute atomic E-state index is 0.0410. The molecule has 0 amide bonds. The van der Waals surface area contributed by atoms with Gasteiger partial charge in [0.25, 0.3) is 0 Å². The lowest BCUT2D eigenvalue weighted by molar-refractivity contribution is 0.632. The van der Waals surface area contributed by atoms with Crippen LogP contribution in [0.1, 0.15) is 0 Å². The van der Waals surface area contributed by atoms with Gasteiger partial charge in [0.05, 0.1) is 5.69 Å². The predicted octanol–water partition coefficient (Wildman–Crippen LogP) is 1.23. The number of aromatic nitrogens is 2. The first kappa shape index (κ1) is 11.1. The van der Waals surface area contributed by atoms with Crippen LogP contribution in [0.2, 0.25) is 0 Å². The molecule has 17 heavy (non-hydrogen) atoms. The smallest absolute Gasteiger partial charge is 0.223 e.